The smallest absolute Gasteiger partial charge is 0.422 e. The molecule has 1 aromatic rings. The van der Waals surface area contributed by atoms with Crippen LogP contribution in [0.3, 0.4) is 0 Å². The van der Waals surface area contributed by atoms with Gasteiger partial charge in [-0.25, -0.2) is 9.98 Å². The van der Waals surface area contributed by atoms with Crippen LogP contribution < -0.4 is 15.4 Å². The molecule has 0 aliphatic carbocycles. The monoisotopic (exact) mass is 531 g/mol. The number of aromatic nitrogens is 1. The minimum atomic E-state index is -4.39. The number of guanidine groups is 1. The molecule has 2 N–H and O–H groups in total. The van der Waals surface area contributed by atoms with Gasteiger partial charge in [0.2, 0.25) is 5.88 Å². The Labute approximate surface area is 186 Å². The van der Waals surface area contributed by atoms with Crippen LogP contribution in [0.2, 0.25) is 0 Å². The van der Waals surface area contributed by atoms with Crippen molar-refractivity contribution in [3.8, 4) is 5.88 Å². The maximum Gasteiger partial charge on any atom is 0.422 e. The van der Waals surface area contributed by atoms with Crippen LogP contribution in [0.4, 0.5) is 13.2 Å². The van der Waals surface area contributed by atoms with E-state index in [9.17, 15) is 13.2 Å². The maximum atomic E-state index is 12.2. The van der Waals surface area contributed by atoms with Gasteiger partial charge >= 0.3 is 6.18 Å². The number of alkyl halides is 3. The predicted octanol–water partition coefficient (Wildman–Crippen LogP) is 2.42. The fraction of sp³-hybridized carbons (Fsp3) is 0.667. The molecule has 0 saturated carbocycles. The summed E-state index contributed by atoms with van der Waals surface area (Å²) in [5, 5.41) is 6.44. The second-order valence-corrected chi connectivity index (χ2v) is 6.34. The molecule has 11 heteroatoms. The molecule has 0 atom stereocenters. The van der Waals surface area contributed by atoms with E-state index in [0.29, 0.717) is 19.0 Å². The number of rotatable bonds is 9. The standard InChI is InChI=1S/C18H28F3N5O2.HI/c1-2-22-17(24-5-3-7-26-8-10-27-11-9-26)25-13-15-4-6-23-16(12-15)28-14-18(19,20)21;/h4,6,12H,2-3,5,7-11,13-14H2,1H3,(H2,22,24,25);1H. The van der Waals surface area contributed by atoms with E-state index in [-0.39, 0.29) is 29.9 Å². The van der Waals surface area contributed by atoms with Gasteiger partial charge in [0.15, 0.2) is 12.6 Å². The van der Waals surface area contributed by atoms with Gasteiger partial charge in [0.05, 0.1) is 19.8 Å². The summed E-state index contributed by atoms with van der Waals surface area (Å²) in [5.41, 5.74) is 0.720. The minimum absolute atomic E-state index is 0. The number of ether oxygens (including phenoxy) is 2. The average molecular weight is 531 g/mol. The Bertz CT molecular complexity index is 613. The highest BCUT2D eigenvalue weighted by molar-refractivity contribution is 14.0. The van der Waals surface area contributed by atoms with Crippen LogP contribution in [0.15, 0.2) is 23.3 Å². The Morgan fingerprint density at radius 1 is 1.31 bits per heavy atom. The van der Waals surface area contributed by atoms with Crippen molar-refractivity contribution in [2.45, 2.75) is 26.1 Å². The third-order valence-corrected chi connectivity index (χ3v) is 3.99. The van der Waals surface area contributed by atoms with Gasteiger partial charge in [-0.15, -0.1) is 24.0 Å². The minimum Gasteiger partial charge on any atom is -0.468 e. The average Bonchev–Trinajstić information content (AvgIpc) is 2.68. The van der Waals surface area contributed by atoms with Crippen molar-refractivity contribution in [1.29, 1.82) is 0 Å². The van der Waals surface area contributed by atoms with Crippen LogP contribution in [0.1, 0.15) is 18.9 Å². The third-order valence-electron chi connectivity index (χ3n) is 3.99. The Morgan fingerprint density at radius 3 is 2.76 bits per heavy atom. The SMILES string of the molecule is CCNC(=NCc1ccnc(OCC(F)(F)F)c1)NCCCN1CCOCC1.I. The first-order valence-electron chi connectivity index (χ1n) is 9.43. The van der Waals surface area contributed by atoms with Crippen molar-refractivity contribution in [1.82, 2.24) is 20.5 Å². The first-order chi connectivity index (χ1) is 13.5. The summed E-state index contributed by atoms with van der Waals surface area (Å²) in [7, 11) is 0. The lowest BCUT2D eigenvalue weighted by molar-refractivity contribution is -0.154. The Hall–Kier alpha value is -1.34. The quantitative estimate of drug-likeness (QED) is 0.221. The molecule has 1 fully saturated rings. The van der Waals surface area contributed by atoms with E-state index in [1.807, 2.05) is 6.92 Å². The molecule has 0 bridgehead atoms. The van der Waals surface area contributed by atoms with Crippen molar-refractivity contribution in [3.63, 3.8) is 0 Å². The largest absolute Gasteiger partial charge is 0.468 e. The molecule has 2 rings (SSSR count). The van der Waals surface area contributed by atoms with Crippen LogP contribution in [0.5, 0.6) is 5.88 Å². The lowest BCUT2D eigenvalue weighted by atomic mass is 10.3. The third kappa shape index (κ3) is 11.4. The van der Waals surface area contributed by atoms with Gasteiger partial charge in [-0.2, -0.15) is 13.2 Å². The van der Waals surface area contributed by atoms with Gasteiger partial charge < -0.3 is 20.1 Å². The Kier molecular flexibility index (Phi) is 12.2. The van der Waals surface area contributed by atoms with Crippen molar-refractivity contribution in [3.05, 3.63) is 23.9 Å². The first-order valence-corrected chi connectivity index (χ1v) is 9.43. The summed E-state index contributed by atoms with van der Waals surface area (Å²) in [6.45, 7) is 6.93. The Balaban J connectivity index is 0.00000420. The van der Waals surface area contributed by atoms with Crippen molar-refractivity contribution >= 4 is 29.9 Å². The molecule has 29 heavy (non-hydrogen) atoms. The van der Waals surface area contributed by atoms with Crippen molar-refractivity contribution in [2.75, 3.05) is 52.5 Å². The predicted molar refractivity (Wildman–Crippen MR) is 116 cm³/mol. The number of nitrogens with one attached hydrogen (secondary N) is 2. The normalized spacial score (nSPS) is 15.5. The lowest BCUT2D eigenvalue weighted by Gasteiger charge is -2.26. The highest BCUT2D eigenvalue weighted by Crippen LogP contribution is 2.17. The van der Waals surface area contributed by atoms with E-state index in [1.165, 1.54) is 12.3 Å². The zero-order valence-electron chi connectivity index (χ0n) is 16.5. The molecule has 166 valence electrons. The highest BCUT2D eigenvalue weighted by atomic mass is 127. The summed E-state index contributed by atoms with van der Waals surface area (Å²) in [4.78, 5) is 10.6. The van der Waals surface area contributed by atoms with E-state index in [2.05, 4.69) is 30.2 Å². The van der Waals surface area contributed by atoms with Crippen molar-refractivity contribution in [2.24, 2.45) is 4.99 Å². The highest BCUT2D eigenvalue weighted by Gasteiger charge is 2.28. The summed E-state index contributed by atoms with van der Waals surface area (Å²) < 4.78 is 46.7. The molecular formula is C18H29F3IN5O2. The fourth-order valence-corrected chi connectivity index (χ4v) is 2.63. The summed E-state index contributed by atoms with van der Waals surface area (Å²) >= 11 is 0. The molecule has 1 aliphatic heterocycles. The molecule has 7 nitrogen and oxygen atoms in total. The van der Waals surface area contributed by atoms with E-state index < -0.39 is 12.8 Å². The molecule has 0 aromatic carbocycles. The summed E-state index contributed by atoms with van der Waals surface area (Å²) in [6, 6.07) is 3.17. The van der Waals surface area contributed by atoms with E-state index in [4.69, 9.17) is 4.74 Å². The van der Waals surface area contributed by atoms with Crippen LogP contribution in [0.25, 0.3) is 0 Å². The molecule has 0 amide bonds. The first kappa shape index (κ1) is 25.7. The number of halogens is 4. The van der Waals surface area contributed by atoms with Crippen LogP contribution in [-0.2, 0) is 11.3 Å². The number of morpholine rings is 1. The zero-order chi connectivity index (χ0) is 20.2. The van der Waals surface area contributed by atoms with Gasteiger partial charge in [-0.1, -0.05) is 0 Å². The van der Waals surface area contributed by atoms with Crippen LogP contribution in [0, 0.1) is 0 Å². The van der Waals surface area contributed by atoms with Gasteiger partial charge in [0.25, 0.3) is 0 Å². The zero-order valence-corrected chi connectivity index (χ0v) is 18.8. The molecule has 1 saturated heterocycles. The van der Waals surface area contributed by atoms with Crippen molar-refractivity contribution < 1.29 is 22.6 Å². The number of hydrogen-bond donors (Lipinski definition) is 2. The summed E-state index contributed by atoms with van der Waals surface area (Å²) in [6.07, 6.45) is -1.99. The van der Waals surface area contributed by atoms with Crippen LogP contribution >= 0.6 is 24.0 Å². The molecular weight excluding hydrogens is 502 g/mol. The topological polar surface area (TPSA) is 71.0 Å². The second kappa shape index (κ2) is 13.8. The van der Waals surface area contributed by atoms with Gasteiger partial charge in [-0.05, 0) is 31.5 Å². The number of pyridine rings is 1. The maximum absolute atomic E-state index is 12.2. The number of hydrogen-bond acceptors (Lipinski definition) is 5. The molecule has 1 aliphatic rings. The molecule has 2 heterocycles. The summed E-state index contributed by atoms with van der Waals surface area (Å²) in [5.74, 6) is 0.604. The molecule has 0 spiro atoms. The molecule has 0 unspecified atom stereocenters. The van der Waals surface area contributed by atoms with Crippen LogP contribution in [-0.4, -0.2) is 74.6 Å². The van der Waals surface area contributed by atoms with E-state index in [0.717, 1.165) is 51.4 Å². The number of nitrogens with zero attached hydrogens (tertiary/aromatic N) is 3. The fourth-order valence-electron chi connectivity index (χ4n) is 2.63. The van der Waals surface area contributed by atoms with Gasteiger partial charge in [0, 0.05) is 38.4 Å². The molecule has 0 radical (unpaired) electrons. The van der Waals surface area contributed by atoms with Gasteiger partial charge in [0.1, 0.15) is 0 Å². The number of aliphatic imine (C=N–C) groups is 1. The molecule has 1 aromatic heterocycles. The van der Waals surface area contributed by atoms with E-state index >= 15 is 0 Å². The second-order valence-electron chi connectivity index (χ2n) is 6.34. The van der Waals surface area contributed by atoms with Gasteiger partial charge in [-0.3, -0.25) is 4.90 Å². The van der Waals surface area contributed by atoms with E-state index in [1.54, 1.807) is 6.07 Å². The Morgan fingerprint density at radius 2 is 2.07 bits per heavy atom. The lowest BCUT2D eigenvalue weighted by Crippen LogP contribution is -2.40.